The molecule has 0 bridgehead atoms. The van der Waals surface area contributed by atoms with Crippen LogP contribution in [-0.4, -0.2) is 37.4 Å². The summed E-state index contributed by atoms with van der Waals surface area (Å²) in [5.74, 6) is 0. The molecule has 0 saturated carbocycles. The van der Waals surface area contributed by atoms with Crippen LogP contribution < -0.4 is 4.90 Å². The van der Waals surface area contributed by atoms with Crippen molar-refractivity contribution < 1.29 is 14.3 Å². The topological polar surface area (TPSA) is 59.5 Å². The maximum atomic E-state index is 8.12. The van der Waals surface area contributed by atoms with Crippen LogP contribution >= 0.6 is 11.3 Å². The first-order valence-electron chi connectivity index (χ1n) is 5.47. The van der Waals surface area contributed by atoms with Crippen LogP contribution in [0.3, 0.4) is 0 Å². The average molecular weight is 256 g/mol. The van der Waals surface area contributed by atoms with Gasteiger partial charge in [0.1, 0.15) is 0 Å². The zero-order valence-electron chi connectivity index (χ0n) is 10.0. The van der Waals surface area contributed by atoms with Gasteiger partial charge in [-0.25, -0.2) is 4.98 Å². The van der Waals surface area contributed by atoms with E-state index in [-0.39, 0.29) is 6.15 Å². The summed E-state index contributed by atoms with van der Waals surface area (Å²) in [5, 5.41) is 3.26. The summed E-state index contributed by atoms with van der Waals surface area (Å²) in [6.07, 6.45) is 2.39. The minimum Gasteiger partial charge on any atom is -0.379 e. The molecule has 5 nitrogen and oxygen atoms in total. The number of thiazole rings is 1. The van der Waals surface area contributed by atoms with E-state index in [4.69, 9.17) is 14.3 Å². The smallest absolute Gasteiger partial charge is 0.373 e. The van der Waals surface area contributed by atoms with Crippen molar-refractivity contribution in [3.63, 3.8) is 0 Å². The second-order valence-corrected chi connectivity index (χ2v) is 4.52. The molecule has 1 aromatic heterocycles. The van der Waals surface area contributed by atoms with Crippen LogP contribution in [0.1, 0.15) is 19.0 Å². The van der Waals surface area contributed by atoms with Crippen LogP contribution in [0.4, 0.5) is 5.13 Å². The lowest BCUT2D eigenvalue weighted by Crippen LogP contribution is -2.31. The number of aromatic nitrogens is 1. The molecule has 1 aliphatic heterocycles. The van der Waals surface area contributed by atoms with E-state index in [1.165, 1.54) is 5.69 Å². The Morgan fingerprint density at radius 3 is 2.82 bits per heavy atom. The normalized spacial score (nSPS) is 18.1. The van der Waals surface area contributed by atoms with Gasteiger partial charge in [0, 0.05) is 19.0 Å². The second-order valence-electron chi connectivity index (χ2n) is 3.69. The number of aryl methyl sites for hydroxylation is 1. The van der Waals surface area contributed by atoms with Crippen LogP contribution in [-0.2, 0) is 20.7 Å². The Balaban J connectivity index is 0.000000437. The van der Waals surface area contributed by atoms with Crippen LogP contribution in [0.5, 0.6) is 0 Å². The van der Waals surface area contributed by atoms with Crippen molar-refractivity contribution in [2.75, 3.05) is 25.2 Å². The zero-order chi connectivity index (χ0) is 12.7. The molecule has 1 unspecified atom stereocenters. The first kappa shape index (κ1) is 13.8. The number of rotatable bonds is 3. The molecule has 0 spiro atoms. The highest BCUT2D eigenvalue weighted by molar-refractivity contribution is 7.13. The fraction of sp³-hybridized carbons (Fsp3) is 0.636. The minimum atomic E-state index is 0.250. The molecule has 94 valence electrons. The molecule has 6 heteroatoms. The molecule has 0 aromatic carbocycles. The maximum absolute atomic E-state index is 8.12. The summed E-state index contributed by atoms with van der Waals surface area (Å²) in [5.41, 5.74) is 1.19. The van der Waals surface area contributed by atoms with E-state index in [1.54, 1.807) is 11.3 Å². The van der Waals surface area contributed by atoms with Gasteiger partial charge in [-0.05, 0) is 12.8 Å². The summed E-state index contributed by atoms with van der Waals surface area (Å²) in [7, 11) is 2.11. The van der Waals surface area contributed by atoms with E-state index >= 15 is 0 Å². The Bertz CT molecular complexity index is 369. The van der Waals surface area contributed by atoms with Gasteiger partial charge in [-0.1, -0.05) is 6.92 Å². The largest absolute Gasteiger partial charge is 0.379 e. The summed E-state index contributed by atoms with van der Waals surface area (Å²) in [4.78, 5) is 23.1. The van der Waals surface area contributed by atoms with Gasteiger partial charge < -0.3 is 9.64 Å². The van der Waals surface area contributed by atoms with Crippen molar-refractivity contribution in [2.45, 2.75) is 25.8 Å². The number of anilines is 1. The Labute approximate surface area is 104 Å². The summed E-state index contributed by atoms with van der Waals surface area (Å²) in [6.45, 7) is 3.87. The highest BCUT2D eigenvalue weighted by atomic mass is 32.1. The standard InChI is InChI=1S/C10H16N2OS.CO2/c1-3-8-7-14-10(11-8)12(2)9-4-5-13-6-9;2-1-3/h7,9H,3-6H2,1-2H3;. The first-order chi connectivity index (χ1) is 8.22. The Morgan fingerprint density at radius 1 is 1.65 bits per heavy atom. The third-order valence-corrected chi connectivity index (χ3v) is 3.64. The van der Waals surface area contributed by atoms with E-state index in [0.717, 1.165) is 31.2 Å². The third-order valence-electron chi connectivity index (χ3n) is 2.66. The molecule has 1 aliphatic rings. The predicted octanol–water partition coefficient (Wildman–Crippen LogP) is 1.35. The molecule has 1 atom stereocenters. The predicted molar refractivity (Wildman–Crippen MR) is 64.1 cm³/mol. The lowest BCUT2D eigenvalue weighted by molar-refractivity contribution is -0.191. The molecule has 2 heterocycles. The van der Waals surface area contributed by atoms with E-state index in [1.807, 2.05) is 0 Å². The Hall–Kier alpha value is -1.23. The van der Waals surface area contributed by atoms with E-state index < -0.39 is 0 Å². The molecule has 17 heavy (non-hydrogen) atoms. The fourth-order valence-corrected chi connectivity index (χ4v) is 2.55. The van der Waals surface area contributed by atoms with E-state index in [2.05, 4.69) is 29.2 Å². The van der Waals surface area contributed by atoms with Crippen LogP contribution in [0.15, 0.2) is 5.38 Å². The minimum absolute atomic E-state index is 0.250. The van der Waals surface area contributed by atoms with Gasteiger partial charge in [-0.2, -0.15) is 9.59 Å². The Kier molecular flexibility index (Phi) is 5.83. The van der Waals surface area contributed by atoms with Gasteiger partial charge in [0.15, 0.2) is 5.13 Å². The fourth-order valence-electron chi connectivity index (χ4n) is 1.60. The van der Waals surface area contributed by atoms with Gasteiger partial charge in [0.25, 0.3) is 0 Å². The molecular weight excluding hydrogens is 240 g/mol. The van der Waals surface area contributed by atoms with E-state index in [0.29, 0.717) is 6.04 Å². The quantitative estimate of drug-likeness (QED) is 0.817. The van der Waals surface area contributed by atoms with Gasteiger partial charge in [0.2, 0.25) is 0 Å². The third kappa shape index (κ3) is 3.93. The van der Waals surface area contributed by atoms with Crippen molar-refractivity contribution in [1.29, 1.82) is 0 Å². The number of likely N-dealkylation sites (N-methyl/N-ethyl adjacent to an activating group) is 1. The van der Waals surface area contributed by atoms with Gasteiger partial charge in [0.05, 0.1) is 18.3 Å². The van der Waals surface area contributed by atoms with Crippen molar-refractivity contribution >= 4 is 22.6 Å². The highest BCUT2D eigenvalue weighted by Gasteiger charge is 2.22. The first-order valence-corrected chi connectivity index (χ1v) is 6.35. The molecule has 0 N–H and O–H groups in total. The summed E-state index contributed by atoms with van der Waals surface area (Å²) < 4.78 is 5.37. The SMILES string of the molecule is CCc1csc(N(C)C2CCOC2)n1.O=C=O. The number of ether oxygens (including phenoxy) is 1. The van der Waals surface area contributed by atoms with Crippen LogP contribution in [0, 0.1) is 0 Å². The van der Waals surface area contributed by atoms with Gasteiger partial charge >= 0.3 is 6.15 Å². The molecular formula is C11H16N2O3S. The molecule has 2 rings (SSSR count). The van der Waals surface area contributed by atoms with Gasteiger partial charge in [-0.3, -0.25) is 0 Å². The number of carbonyl (C=O) groups excluding carboxylic acids is 2. The highest BCUT2D eigenvalue weighted by Crippen LogP contribution is 2.24. The van der Waals surface area contributed by atoms with Crippen molar-refractivity contribution in [3.8, 4) is 0 Å². The summed E-state index contributed by atoms with van der Waals surface area (Å²) >= 11 is 1.73. The summed E-state index contributed by atoms with van der Waals surface area (Å²) in [6, 6.07) is 0.519. The molecule has 1 fully saturated rings. The molecule has 0 radical (unpaired) electrons. The molecule has 1 aromatic rings. The number of nitrogens with zero attached hydrogens (tertiary/aromatic N) is 2. The maximum Gasteiger partial charge on any atom is 0.373 e. The zero-order valence-corrected chi connectivity index (χ0v) is 10.8. The average Bonchev–Trinajstić information content (AvgIpc) is 3.00. The van der Waals surface area contributed by atoms with Crippen molar-refractivity contribution in [2.24, 2.45) is 0 Å². The number of hydrogen-bond acceptors (Lipinski definition) is 6. The monoisotopic (exact) mass is 256 g/mol. The van der Waals surface area contributed by atoms with Crippen LogP contribution in [0.25, 0.3) is 0 Å². The number of hydrogen-bond donors (Lipinski definition) is 0. The van der Waals surface area contributed by atoms with E-state index in [9.17, 15) is 0 Å². The Morgan fingerprint density at radius 2 is 2.35 bits per heavy atom. The van der Waals surface area contributed by atoms with Crippen molar-refractivity contribution in [3.05, 3.63) is 11.1 Å². The van der Waals surface area contributed by atoms with Crippen molar-refractivity contribution in [1.82, 2.24) is 4.98 Å². The molecule has 0 amide bonds. The van der Waals surface area contributed by atoms with Gasteiger partial charge in [-0.15, -0.1) is 11.3 Å². The second kappa shape index (κ2) is 7.17. The lowest BCUT2D eigenvalue weighted by Gasteiger charge is -2.21. The molecule has 0 aliphatic carbocycles. The van der Waals surface area contributed by atoms with Crippen LogP contribution in [0.2, 0.25) is 0 Å². The molecule has 1 saturated heterocycles. The lowest BCUT2D eigenvalue weighted by atomic mass is 10.2.